The molecule has 0 spiro atoms. The van der Waals surface area contributed by atoms with Gasteiger partial charge < -0.3 is 43.3 Å². The molecule has 4 fully saturated rings. The molecule has 16 atom stereocenters. The topological polar surface area (TPSA) is 254 Å². The first-order valence-corrected chi connectivity index (χ1v) is 26.1. The van der Waals surface area contributed by atoms with Crippen molar-refractivity contribution in [3.05, 3.63) is 47.6 Å². The van der Waals surface area contributed by atoms with Crippen LogP contribution < -0.4 is 11.0 Å². The number of piperidine rings is 1. The van der Waals surface area contributed by atoms with Gasteiger partial charge >= 0.3 is 13.6 Å². The highest BCUT2D eigenvalue weighted by atomic mass is 31.2. The lowest BCUT2D eigenvalue weighted by Gasteiger charge is -2.50. The van der Waals surface area contributed by atoms with E-state index in [1.165, 1.54) is 19.1 Å². The number of ether oxygens (including phenoxy) is 5. The minimum Gasteiger partial charge on any atom is -0.460 e. The van der Waals surface area contributed by atoms with Crippen LogP contribution in [0.1, 0.15) is 112 Å². The van der Waals surface area contributed by atoms with E-state index in [9.17, 15) is 38.8 Å². The van der Waals surface area contributed by atoms with Gasteiger partial charge in [-0.3, -0.25) is 23.7 Å². The van der Waals surface area contributed by atoms with Crippen LogP contribution in [0.5, 0.6) is 0 Å². The van der Waals surface area contributed by atoms with E-state index in [0.29, 0.717) is 69.8 Å². The second kappa shape index (κ2) is 24.3. The maximum Gasteiger partial charge on any atom is 0.335 e. The summed E-state index contributed by atoms with van der Waals surface area (Å²) in [5.41, 5.74) is 12.4. The third kappa shape index (κ3) is 13.6. The number of amides is 1. The Morgan fingerprint density at radius 2 is 1.59 bits per heavy atom. The molecule has 0 aromatic rings. The van der Waals surface area contributed by atoms with E-state index in [-0.39, 0.29) is 36.4 Å². The Morgan fingerprint density at radius 1 is 0.868 bits per heavy atom. The molecule has 18 heteroatoms. The fourth-order valence-electron chi connectivity index (χ4n) is 11.2. The number of allylic oxidation sites excluding steroid dienone is 6. The summed E-state index contributed by atoms with van der Waals surface area (Å²) in [4.78, 5) is 72.4. The molecular formula is C50H78N3O14P. The smallest absolute Gasteiger partial charge is 0.335 e. The molecule has 5 aliphatic rings. The van der Waals surface area contributed by atoms with Crippen LogP contribution >= 0.6 is 7.67 Å². The number of esters is 1. The van der Waals surface area contributed by atoms with Crippen molar-refractivity contribution in [1.82, 2.24) is 4.90 Å². The van der Waals surface area contributed by atoms with Crippen LogP contribution in [0.4, 0.5) is 0 Å². The van der Waals surface area contributed by atoms with Crippen LogP contribution in [0.15, 0.2) is 47.6 Å². The van der Waals surface area contributed by atoms with Crippen LogP contribution in [0.3, 0.4) is 0 Å². The van der Waals surface area contributed by atoms with Gasteiger partial charge in [0.05, 0.1) is 24.4 Å². The first-order valence-electron chi connectivity index (χ1n) is 24.4. The molecule has 382 valence electrons. The predicted octanol–water partition coefficient (Wildman–Crippen LogP) is 5.45. The molecule has 3 unspecified atom stereocenters. The van der Waals surface area contributed by atoms with Gasteiger partial charge in [0.1, 0.15) is 30.1 Å². The van der Waals surface area contributed by atoms with E-state index >= 15 is 0 Å². The molecule has 4 bridgehead atoms. The molecule has 4 aliphatic heterocycles. The Labute approximate surface area is 402 Å². The van der Waals surface area contributed by atoms with Gasteiger partial charge in [0.25, 0.3) is 11.7 Å². The third-order valence-electron chi connectivity index (χ3n) is 15.2. The Morgan fingerprint density at radius 3 is 2.25 bits per heavy atom. The summed E-state index contributed by atoms with van der Waals surface area (Å²) in [6, 6.07) is -1.18. The first kappa shape index (κ1) is 55.7. The van der Waals surface area contributed by atoms with Crippen LogP contribution in [0, 0.1) is 41.4 Å². The van der Waals surface area contributed by atoms with E-state index in [1.807, 2.05) is 44.2 Å². The number of rotatable bonds is 7. The number of nitrogens with two attached hydrogens (primary N) is 2. The molecule has 5 rings (SSSR count). The molecule has 0 aromatic carbocycles. The highest BCUT2D eigenvalue weighted by molar-refractivity contribution is 7.53. The number of carbonyl (C=O) groups is 5. The lowest BCUT2D eigenvalue weighted by atomic mass is 9.68. The van der Waals surface area contributed by atoms with Crippen molar-refractivity contribution < 1.29 is 67.0 Å². The number of fused-ring (bicyclic) bond motifs is 4. The lowest BCUT2D eigenvalue weighted by Crippen LogP contribution is -2.65. The van der Waals surface area contributed by atoms with Crippen molar-refractivity contribution in [3.63, 3.8) is 0 Å². The number of aliphatic hydroxyl groups excluding tert-OH is 1. The number of aliphatic hydroxyl groups is 2. The van der Waals surface area contributed by atoms with Gasteiger partial charge in [0.2, 0.25) is 5.79 Å². The minimum absolute atomic E-state index is 0.00643. The molecule has 17 nitrogen and oxygen atoms in total. The summed E-state index contributed by atoms with van der Waals surface area (Å²) in [7, 11) is 0.626. The van der Waals surface area contributed by atoms with Gasteiger partial charge in [-0.2, -0.15) is 0 Å². The lowest BCUT2D eigenvalue weighted by molar-refractivity contribution is -0.266. The third-order valence-corrected chi connectivity index (χ3v) is 15.8. The molecule has 0 radical (unpaired) electrons. The first-order chi connectivity index (χ1) is 32.0. The van der Waals surface area contributed by atoms with Gasteiger partial charge in [0.15, 0.2) is 5.78 Å². The Kier molecular flexibility index (Phi) is 19.9. The summed E-state index contributed by atoms with van der Waals surface area (Å²) in [5.74, 6) is -8.97. The number of hydrogen-bond acceptors (Lipinski definition) is 14. The van der Waals surface area contributed by atoms with Crippen molar-refractivity contribution in [1.29, 1.82) is 0 Å². The molecule has 1 saturated carbocycles. The SMILES string of the molecule is CO[C@H]1C[C@@H]2CC[C@@H](C)[C@@](O)(O2)C(=O)C(=O)N2CCC[C@@H]3C(C[C@@H]4CC[C@@H](OP(N)(N)=O)[C@H](OC)C4)[C@H](CC(=O)C(C)/C=C(\C)[C@@H](O)[C@@H](OC)C(=O)[C@H](C)CC(C)/C=C/C=C/C=C/1C)OC(=O)[C@H]32. The average Bonchev–Trinajstić information content (AvgIpc) is 3.29. The van der Waals surface area contributed by atoms with E-state index in [4.69, 9.17) is 39.2 Å². The number of nitrogens with zero attached hydrogens (tertiary/aromatic N) is 1. The normalized spacial score (nSPS) is 41.6. The molecule has 1 amide bonds. The zero-order valence-electron chi connectivity index (χ0n) is 41.5. The molecule has 4 heterocycles. The highest BCUT2D eigenvalue weighted by Crippen LogP contribution is 2.46. The molecular weight excluding hydrogens is 898 g/mol. The summed E-state index contributed by atoms with van der Waals surface area (Å²) in [5, 5.41) is 23.5. The number of Topliss-reactive ketones (excluding diaryl/α,β-unsaturated/α-hetero) is 3. The van der Waals surface area contributed by atoms with Crippen LogP contribution in [0.25, 0.3) is 0 Å². The maximum atomic E-state index is 14.5. The zero-order chi connectivity index (χ0) is 50.2. The van der Waals surface area contributed by atoms with E-state index in [0.717, 1.165) is 5.57 Å². The van der Waals surface area contributed by atoms with Crippen molar-refractivity contribution >= 4 is 36.9 Å². The van der Waals surface area contributed by atoms with E-state index in [1.54, 1.807) is 40.9 Å². The summed E-state index contributed by atoms with van der Waals surface area (Å²) in [6.07, 6.45) is 9.83. The Hall–Kier alpha value is -3.22. The summed E-state index contributed by atoms with van der Waals surface area (Å²) < 4.78 is 47.3. The van der Waals surface area contributed by atoms with Crippen LogP contribution in [-0.4, -0.2) is 127 Å². The quantitative estimate of drug-likeness (QED) is 0.107. The number of methoxy groups -OCH3 is 3. The summed E-state index contributed by atoms with van der Waals surface area (Å²) >= 11 is 0. The van der Waals surface area contributed by atoms with Crippen molar-refractivity contribution in [2.24, 2.45) is 52.4 Å². The fourth-order valence-corrected chi connectivity index (χ4v) is 11.9. The van der Waals surface area contributed by atoms with Gasteiger partial charge in [-0.15, -0.1) is 0 Å². The monoisotopic (exact) mass is 976 g/mol. The molecule has 0 aromatic heterocycles. The van der Waals surface area contributed by atoms with Crippen molar-refractivity contribution in [2.45, 2.75) is 167 Å². The van der Waals surface area contributed by atoms with E-state index in [2.05, 4.69) is 0 Å². The number of hydrogen-bond donors (Lipinski definition) is 4. The molecule has 68 heavy (non-hydrogen) atoms. The molecule has 6 N–H and O–H groups in total. The van der Waals surface area contributed by atoms with Crippen LogP contribution in [-0.2, 0) is 56.7 Å². The van der Waals surface area contributed by atoms with Crippen LogP contribution in [0.2, 0.25) is 0 Å². The van der Waals surface area contributed by atoms with Crippen molar-refractivity contribution in [2.75, 3.05) is 27.9 Å². The average molecular weight is 976 g/mol. The van der Waals surface area contributed by atoms with Crippen molar-refractivity contribution in [3.8, 4) is 0 Å². The second-order valence-corrected chi connectivity index (χ2v) is 21.7. The zero-order valence-corrected chi connectivity index (χ0v) is 42.3. The second-order valence-electron chi connectivity index (χ2n) is 20.2. The Bertz CT molecular complexity index is 1980. The van der Waals surface area contributed by atoms with Gasteiger partial charge in [-0.25, -0.2) is 15.8 Å². The van der Waals surface area contributed by atoms with Gasteiger partial charge in [-0.05, 0) is 101 Å². The number of carbonyl (C=O) groups excluding carboxylic acids is 5. The molecule has 1 aliphatic carbocycles. The fraction of sp³-hybridized carbons (Fsp3) is 0.740. The highest BCUT2D eigenvalue weighted by Gasteiger charge is 2.57. The maximum absolute atomic E-state index is 14.5. The van der Waals surface area contributed by atoms with Gasteiger partial charge in [0, 0.05) is 64.4 Å². The predicted molar refractivity (Wildman–Crippen MR) is 253 cm³/mol. The summed E-state index contributed by atoms with van der Waals surface area (Å²) in [6.45, 7) is 10.7. The Balaban J connectivity index is 1.51. The standard InChI is InChI=1S/C50H78N3O14P/c1-28-14-11-10-12-15-29(2)40(62-7)26-35-19-17-33(6)50(60,66-35)47(57)48(58)53-21-13-16-36-37(24-34-18-20-39(42(25-34)63-8)67-68(51,52)61)41(65-49(59)43(36)53)27-38(54)30(3)23-32(5)45(56)46(64-9)44(55)31(4)22-28/h10-12,14-15,23,28,30-31,33-37,39-43,45-46,56,60H,13,16-22,24-27H2,1-9H3,(H4,51,52,61)/b12-10+,14-11+,29-15+,32-23+/t28?,30?,31-,33-,34+,35+,36-,37?,39-,40+,41+,42-,43+,45-,46+,50-/m1/s1. The molecule has 3 saturated heterocycles. The largest absolute Gasteiger partial charge is 0.460 e. The number of ketones is 3. The van der Waals surface area contributed by atoms with E-state index < -0.39 is 109 Å². The van der Waals surface area contributed by atoms with Gasteiger partial charge in [-0.1, -0.05) is 64.2 Å². The minimum atomic E-state index is -3.82.